The molecule has 0 heterocycles. The van der Waals surface area contributed by atoms with Crippen molar-refractivity contribution in [3.8, 4) is 11.5 Å². The van der Waals surface area contributed by atoms with E-state index in [0.29, 0.717) is 23.3 Å². The van der Waals surface area contributed by atoms with E-state index in [-0.39, 0.29) is 0 Å². The Morgan fingerprint density at radius 2 is 2.04 bits per heavy atom. The number of hydrogen-bond donors (Lipinski definition) is 1. The molecule has 2 aromatic carbocycles. The minimum atomic E-state index is 0.403. The second kappa shape index (κ2) is 9.34. The summed E-state index contributed by atoms with van der Waals surface area (Å²) in [6, 6.07) is 13.7. The molecule has 126 valence electrons. The molecule has 0 spiro atoms. The number of ether oxygens (including phenoxy) is 2. The first-order valence-electron chi connectivity index (χ1n) is 7.08. The first-order chi connectivity index (χ1) is 11.6. The first-order valence-corrected chi connectivity index (χ1v) is 9.10. The van der Waals surface area contributed by atoms with E-state index < -0.39 is 0 Å². The van der Waals surface area contributed by atoms with Crippen LogP contribution in [-0.4, -0.2) is 24.7 Å². The third-order valence-electron chi connectivity index (χ3n) is 3.05. The van der Waals surface area contributed by atoms with E-state index in [9.17, 15) is 0 Å². The van der Waals surface area contributed by atoms with Gasteiger partial charge in [-0.25, -0.2) is 0 Å². The maximum Gasteiger partial charge on any atom is 0.180 e. The van der Waals surface area contributed by atoms with Crippen LogP contribution >= 0.6 is 27.7 Å². The average Bonchev–Trinajstić information content (AvgIpc) is 2.61. The minimum Gasteiger partial charge on any atom is -0.493 e. The molecule has 0 saturated carbocycles. The van der Waals surface area contributed by atoms with Crippen molar-refractivity contribution in [1.82, 2.24) is 0 Å². The van der Waals surface area contributed by atoms with E-state index >= 15 is 0 Å². The van der Waals surface area contributed by atoms with Crippen molar-refractivity contribution in [2.45, 2.75) is 6.61 Å². The summed E-state index contributed by atoms with van der Waals surface area (Å²) in [6.07, 6.45) is 3.45. The molecule has 0 unspecified atom stereocenters. The van der Waals surface area contributed by atoms with Crippen molar-refractivity contribution in [3.05, 3.63) is 58.1 Å². The lowest BCUT2D eigenvalue weighted by molar-refractivity contribution is 0.282. The molecule has 0 atom stereocenters. The van der Waals surface area contributed by atoms with E-state index in [1.807, 2.05) is 48.7 Å². The Morgan fingerprint density at radius 1 is 1.29 bits per heavy atom. The summed E-state index contributed by atoms with van der Waals surface area (Å²) in [5.41, 5.74) is 7.49. The van der Waals surface area contributed by atoms with E-state index in [4.69, 9.17) is 15.2 Å². The number of rotatable bonds is 6. The van der Waals surface area contributed by atoms with Crippen LogP contribution in [0.3, 0.4) is 0 Å². The number of thioether (sulfide) groups is 1. The number of benzene rings is 2. The smallest absolute Gasteiger partial charge is 0.180 e. The van der Waals surface area contributed by atoms with Gasteiger partial charge in [-0.15, -0.1) is 5.10 Å². The zero-order valence-electron chi connectivity index (χ0n) is 13.4. The molecule has 0 aliphatic carbocycles. The molecule has 2 aromatic rings. The van der Waals surface area contributed by atoms with Crippen molar-refractivity contribution in [1.29, 1.82) is 0 Å². The molecule has 2 N–H and O–H groups in total. The first kappa shape index (κ1) is 18.4. The molecule has 0 radical (unpaired) electrons. The molecule has 0 aromatic heterocycles. The summed E-state index contributed by atoms with van der Waals surface area (Å²) in [7, 11) is 1.60. The Labute approximate surface area is 154 Å². The lowest BCUT2D eigenvalue weighted by Crippen LogP contribution is -2.04. The quantitative estimate of drug-likeness (QED) is 0.445. The predicted octanol–water partition coefficient (Wildman–Crippen LogP) is 4.05. The van der Waals surface area contributed by atoms with Gasteiger partial charge in [0.05, 0.1) is 17.8 Å². The van der Waals surface area contributed by atoms with Crippen LogP contribution in [0.1, 0.15) is 11.1 Å². The predicted molar refractivity (Wildman–Crippen MR) is 104 cm³/mol. The fraction of sp³-hybridized carbons (Fsp3) is 0.176. The Morgan fingerprint density at radius 3 is 2.71 bits per heavy atom. The Bertz CT molecular complexity index is 736. The van der Waals surface area contributed by atoms with E-state index in [1.165, 1.54) is 11.8 Å². The van der Waals surface area contributed by atoms with Gasteiger partial charge in [-0.3, -0.25) is 0 Å². The van der Waals surface area contributed by atoms with Gasteiger partial charge in [-0.1, -0.05) is 42.1 Å². The van der Waals surface area contributed by atoms with Crippen molar-refractivity contribution < 1.29 is 9.47 Å². The van der Waals surface area contributed by atoms with Crippen LogP contribution < -0.4 is 15.2 Å². The molecule has 2 rings (SSSR count). The molecule has 0 amide bonds. The zero-order valence-corrected chi connectivity index (χ0v) is 15.8. The fourth-order valence-electron chi connectivity index (χ4n) is 1.88. The van der Waals surface area contributed by atoms with E-state index in [0.717, 1.165) is 15.6 Å². The van der Waals surface area contributed by atoms with Gasteiger partial charge in [-0.2, -0.15) is 5.10 Å². The number of amidine groups is 1. The van der Waals surface area contributed by atoms with Crippen LogP contribution in [0, 0.1) is 0 Å². The van der Waals surface area contributed by atoms with Crippen molar-refractivity contribution in [2.75, 3.05) is 13.4 Å². The zero-order chi connectivity index (χ0) is 17.4. The van der Waals surface area contributed by atoms with Crippen molar-refractivity contribution in [2.24, 2.45) is 15.9 Å². The van der Waals surface area contributed by atoms with Gasteiger partial charge in [-0.05, 0) is 45.4 Å². The second-order valence-corrected chi connectivity index (χ2v) is 6.38. The Kier molecular flexibility index (Phi) is 7.14. The number of nitrogens with two attached hydrogens (primary N) is 1. The molecule has 0 bridgehead atoms. The van der Waals surface area contributed by atoms with Crippen LogP contribution in [0.5, 0.6) is 11.5 Å². The molecule has 5 nitrogen and oxygen atoms in total. The van der Waals surface area contributed by atoms with Crippen molar-refractivity contribution >= 4 is 39.1 Å². The van der Waals surface area contributed by atoms with E-state index in [2.05, 4.69) is 26.1 Å². The SMILES string of the molecule is COc1cc(/C=N\N=C(/N)SC)cc(Br)c1OCc1ccccc1. The molecule has 0 saturated heterocycles. The van der Waals surface area contributed by atoms with Gasteiger partial charge >= 0.3 is 0 Å². The van der Waals surface area contributed by atoms with Gasteiger partial charge in [0.1, 0.15) is 6.61 Å². The molecule has 0 fully saturated rings. The average molecular weight is 408 g/mol. The third-order valence-corrected chi connectivity index (χ3v) is 4.14. The summed E-state index contributed by atoms with van der Waals surface area (Å²) in [4.78, 5) is 0. The van der Waals surface area contributed by atoms with Crippen LogP contribution in [0.4, 0.5) is 0 Å². The highest BCUT2D eigenvalue weighted by atomic mass is 79.9. The van der Waals surface area contributed by atoms with Gasteiger partial charge < -0.3 is 15.2 Å². The largest absolute Gasteiger partial charge is 0.493 e. The van der Waals surface area contributed by atoms with Crippen LogP contribution in [0.2, 0.25) is 0 Å². The summed E-state index contributed by atoms with van der Waals surface area (Å²) in [5.74, 6) is 1.26. The monoisotopic (exact) mass is 407 g/mol. The lowest BCUT2D eigenvalue weighted by atomic mass is 10.2. The third kappa shape index (κ3) is 5.28. The maximum atomic E-state index is 5.89. The summed E-state index contributed by atoms with van der Waals surface area (Å²) in [5, 5.41) is 8.22. The molecular weight excluding hydrogens is 390 g/mol. The number of halogens is 1. The molecule has 7 heteroatoms. The number of methoxy groups -OCH3 is 1. The topological polar surface area (TPSA) is 69.2 Å². The highest BCUT2D eigenvalue weighted by Crippen LogP contribution is 2.36. The maximum absolute atomic E-state index is 5.89. The Balaban J connectivity index is 2.17. The summed E-state index contributed by atoms with van der Waals surface area (Å²) in [6.45, 7) is 0.456. The normalized spacial score (nSPS) is 11.7. The van der Waals surface area contributed by atoms with Gasteiger partial charge in [0.25, 0.3) is 0 Å². The van der Waals surface area contributed by atoms with Gasteiger partial charge in [0.15, 0.2) is 16.7 Å². The van der Waals surface area contributed by atoms with Gasteiger partial charge in [0, 0.05) is 0 Å². The summed E-state index contributed by atoms with van der Waals surface area (Å²) >= 11 is 4.85. The molecular formula is C17H18BrN3O2S. The van der Waals surface area contributed by atoms with Crippen LogP contribution in [0.25, 0.3) is 0 Å². The van der Waals surface area contributed by atoms with E-state index in [1.54, 1.807) is 13.3 Å². The highest BCUT2D eigenvalue weighted by molar-refractivity contribution is 9.10. The van der Waals surface area contributed by atoms with Gasteiger partial charge in [0.2, 0.25) is 0 Å². The van der Waals surface area contributed by atoms with Crippen molar-refractivity contribution in [3.63, 3.8) is 0 Å². The highest BCUT2D eigenvalue weighted by Gasteiger charge is 2.11. The fourth-order valence-corrected chi connectivity index (χ4v) is 2.58. The molecule has 0 aliphatic rings. The lowest BCUT2D eigenvalue weighted by Gasteiger charge is -2.13. The van der Waals surface area contributed by atoms with Crippen LogP contribution in [0.15, 0.2) is 57.1 Å². The minimum absolute atomic E-state index is 0.403. The van der Waals surface area contributed by atoms with Crippen LogP contribution in [-0.2, 0) is 6.61 Å². The molecule has 24 heavy (non-hydrogen) atoms. The number of hydrogen-bond acceptors (Lipinski definition) is 5. The molecule has 0 aliphatic heterocycles. The Hall–Kier alpha value is -1.99. The standard InChI is InChI=1S/C17H18BrN3O2S/c1-22-15-9-13(10-20-21-17(19)24-2)8-14(18)16(15)23-11-12-6-4-3-5-7-12/h3-10H,11H2,1-2H3,(H2,19,21)/b20-10-. The second-order valence-electron chi connectivity index (χ2n) is 4.70. The summed E-state index contributed by atoms with van der Waals surface area (Å²) < 4.78 is 12.1. The number of nitrogens with zero attached hydrogens (tertiary/aromatic N) is 2.